The molecule has 0 bridgehead atoms. The zero-order valence-corrected chi connectivity index (χ0v) is 10.8. The Morgan fingerprint density at radius 1 is 0.562 bits per heavy atom. The average Bonchev–Trinajstić information content (AvgIpc) is 2.32. The molecule has 16 heavy (non-hydrogen) atoms. The van der Waals surface area contributed by atoms with Crippen molar-refractivity contribution in [2.75, 3.05) is 0 Å². The van der Waals surface area contributed by atoms with Crippen LogP contribution in [0.4, 0.5) is 0 Å². The number of hydrogen-bond donors (Lipinski definition) is 0. The molecule has 2 aromatic rings. The van der Waals surface area contributed by atoms with E-state index in [9.17, 15) is 0 Å². The predicted octanol–water partition coefficient (Wildman–Crippen LogP) is -1.64. The van der Waals surface area contributed by atoms with Crippen LogP contribution in [-0.4, -0.2) is 0 Å². The Labute approximate surface area is 107 Å². The van der Waals surface area contributed by atoms with Crippen LogP contribution in [0.3, 0.4) is 0 Å². The SMILES string of the molecule is [Br-].c1cc[n+](CCC[n+]2ccccc2)cc1. The van der Waals surface area contributed by atoms with E-state index in [4.69, 9.17) is 0 Å². The summed E-state index contributed by atoms with van der Waals surface area (Å²) in [6.45, 7) is 2.14. The molecule has 2 aromatic heterocycles. The second kappa shape index (κ2) is 7.12. The highest BCUT2D eigenvalue weighted by molar-refractivity contribution is 4.84. The fourth-order valence-electron chi connectivity index (χ4n) is 1.60. The van der Waals surface area contributed by atoms with E-state index in [0.29, 0.717) is 0 Å². The molecule has 84 valence electrons. The third-order valence-electron chi connectivity index (χ3n) is 2.39. The minimum absolute atomic E-state index is 0. The molecule has 0 fully saturated rings. The Bertz CT molecular complexity index is 350. The highest BCUT2D eigenvalue weighted by atomic mass is 79.9. The summed E-state index contributed by atoms with van der Waals surface area (Å²) in [5.41, 5.74) is 0. The van der Waals surface area contributed by atoms with E-state index in [-0.39, 0.29) is 17.0 Å². The van der Waals surface area contributed by atoms with Crippen molar-refractivity contribution in [1.29, 1.82) is 0 Å². The molecule has 0 aliphatic rings. The molecule has 0 N–H and O–H groups in total. The molecule has 0 spiro atoms. The van der Waals surface area contributed by atoms with Gasteiger partial charge in [0.25, 0.3) is 0 Å². The maximum absolute atomic E-state index is 2.21. The van der Waals surface area contributed by atoms with Crippen molar-refractivity contribution < 1.29 is 26.1 Å². The van der Waals surface area contributed by atoms with Crippen molar-refractivity contribution in [1.82, 2.24) is 0 Å². The Morgan fingerprint density at radius 2 is 0.938 bits per heavy atom. The first kappa shape index (κ1) is 12.8. The van der Waals surface area contributed by atoms with E-state index in [1.165, 1.54) is 0 Å². The van der Waals surface area contributed by atoms with Gasteiger partial charge in [0.1, 0.15) is 0 Å². The number of pyridine rings is 2. The summed E-state index contributed by atoms with van der Waals surface area (Å²) in [7, 11) is 0. The van der Waals surface area contributed by atoms with Gasteiger partial charge in [-0.1, -0.05) is 12.1 Å². The van der Waals surface area contributed by atoms with Gasteiger partial charge in [0.15, 0.2) is 37.9 Å². The highest BCUT2D eigenvalue weighted by Crippen LogP contribution is 1.84. The minimum atomic E-state index is 0. The average molecular weight is 280 g/mol. The molecule has 2 heterocycles. The van der Waals surface area contributed by atoms with E-state index >= 15 is 0 Å². The van der Waals surface area contributed by atoms with Gasteiger partial charge in [-0.05, 0) is 0 Å². The molecule has 2 nitrogen and oxygen atoms in total. The molecule has 2 rings (SSSR count). The topological polar surface area (TPSA) is 7.76 Å². The Kier molecular flexibility index (Phi) is 5.72. The lowest BCUT2D eigenvalue weighted by atomic mass is 10.3. The van der Waals surface area contributed by atoms with Crippen LogP contribution in [0, 0.1) is 0 Å². The van der Waals surface area contributed by atoms with Crippen molar-refractivity contribution in [2.24, 2.45) is 0 Å². The third kappa shape index (κ3) is 4.11. The third-order valence-corrected chi connectivity index (χ3v) is 2.39. The summed E-state index contributed by atoms with van der Waals surface area (Å²) in [5, 5.41) is 0. The zero-order valence-electron chi connectivity index (χ0n) is 9.17. The quantitative estimate of drug-likeness (QED) is 0.593. The fraction of sp³-hybridized carbons (Fsp3) is 0.231. The van der Waals surface area contributed by atoms with Crippen LogP contribution in [0.2, 0.25) is 0 Å². The van der Waals surface area contributed by atoms with Gasteiger partial charge < -0.3 is 17.0 Å². The standard InChI is InChI=1S/C13H16N2.BrH/c1-3-8-14(9-4-1)12-7-13-15-10-5-2-6-11-15;/h1-6,8-11H,7,12-13H2;1H/q+2;/p-1. The van der Waals surface area contributed by atoms with E-state index in [0.717, 1.165) is 19.5 Å². The van der Waals surface area contributed by atoms with Crippen molar-refractivity contribution >= 4 is 0 Å². The summed E-state index contributed by atoms with van der Waals surface area (Å²) < 4.78 is 4.42. The van der Waals surface area contributed by atoms with E-state index in [1.54, 1.807) is 0 Å². The summed E-state index contributed by atoms with van der Waals surface area (Å²) in [6, 6.07) is 12.3. The molecular formula is C13H16BrN2+. The monoisotopic (exact) mass is 279 g/mol. The van der Waals surface area contributed by atoms with Gasteiger partial charge in [0.2, 0.25) is 0 Å². The molecule has 3 heteroatoms. The maximum atomic E-state index is 2.21. The molecule has 0 aromatic carbocycles. The molecule has 0 unspecified atom stereocenters. The highest BCUT2D eigenvalue weighted by Gasteiger charge is 2.01. The lowest BCUT2D eigenvalue weighted by Crippen LogP contribution is -3.00. The van der Waals surface area contributed by atoms with Crippen LogP contribution in [0.5, 0.6) is 0 Å². The number of halogens is 1. The molecule has 0 atom stereocenters. The van der Waals surface area contributed by atoms with Crippen LogP contribution in [0.1, 0.15) is 6.42 Å². The number of aromatic nitrogens is 2. The Morgan fingerprint density at radius 3 is 1.31 bits per heavy atom. The van der Waals surface area contributed by atoms with Gasteiger partial charge in [0.05, 0.1) is 6.42 Å². The van der Waals surface area contributed by atoms with E-state index < -0.39 is 0 Å². The first-order chi connectivity index (χ1) is 7.45. The lowest BCUT2D eigenvalue weighted by molar-refractivity contribution is -0.726. The summed E-state index contributed by atoms with van der Waals surface area (Å²) >= 11 is 0. The molecule has 0 saturated heterocycles. The smallest absolute Gasteiger partial charge is 0.168 e. The van der Waals surface area contributed by atoms with Crippen molar-refractivity contribution in [3.63, 3.8) is 0 Å². The van der Waals surface area contributed by atoms with Gasteiger partial charge in [-0.25, -0.2) is 9.13 Å². The van der Waals surface area contributed by atoms with Crippen molar-refractivity contribution in [3.8, 4) is 0 Å². The zero-order chi connectivity index (χ0) is 10.3. The number of nitrogens with zero attached hydrogens (tertiary/aromatic N) is 2. The molecule has 0 aliphatic carbocycles. The number of aryl methyl sites for hydroxylation is 2. The summed E-state index contributed by atoms with van der Waals surface area (Å²) in [4.78, 5) is 0. The van der Waals surface area contributed by atoms with Crippen LogP contribution in [-0.2, 0) is 13.1 Å². The molecule has 0 aliphatic heterocycles. The predicted molar refractivity (Wildman–Crippen MR) is 57.9 cm³/mol. The van der Waals surface area contributed by atoms with Gasteiger partial charge in [-0.15, -0.1) is 0 Å². The van der Waals surface area contributed by atoms with Crippen molar-refractivity contribution in [2.45, 2.75) is 19.5 Å². The first-order valence-electron chi connectivity index (χ1n) is 5.33. The van der Waals surface area contributed by atoms with Gasteiger partial charge in [-0.2, -0.15) is 0 Å². The van der Waals surface area contributed by atoms with Crippen LogP contribution < -0.4 is 26.1 Å². The second-order valence-corrected chi connectivity index (χ2v) is 3.58. The molecule has 0 amide bonds. The van der Waals surface area contributed by atoms with Crippen LogP contribution >= 0.6 is 0 Å². The van der Waals surface area contributed by atoms with E-state index in [2.05, 4.69) is 58.2 Å². The summed E-state index contributed by atoms with van der Waals surface area (Å²) in [5.74, 6) is 0. The second-order valence-electron chi connectivity index (χ2n) is 3.58. The lowest BCUT2D eigenvalue weighted by Gasteiger charge is -1.95. The van der Waals surface area contributed by atoms with Gasteiger partial charge >= 0.3 is 0 Å². The first-order valence-corrected chi connectivity index (χ1v) is 5.33. The molecular weight excluding hydrogens is 264 g/mol. The number of hydrogen-bond acceptors (Lipinski definition) is 0. The maximum Gasteiger partial charge on any atom is 0.168 e. The van der Waals surface area contributed by atoms with Gasteiger partial charge in [0, 0.05) is 24.3 Å². The van der Waals surface area contributed by atoms with Crippen LogP contribution in [0.25, 0.3) is 0 Å². The Hall–Kier alpha value is -1.22. The van der Waals surface area contributed by atoms with E-state index in [1.807, 2.05) is 12.1 Å². The Balaban J connectivity index is 0.00000128. The summed E-state index contributed by atoms with van der Waals surface area (Å²) in [6.07, 6.45) is 9.58. The van der Waals surface area contributed by atoms with Gasteiger partial charge in [-0.3, -0.25) is 0 Å². The molecule has 0 saturated carbocycles. The number of rotatable bonds is 4. The normalized spacial score (nSPS) is 9.50. The van der Waals surface area contributed by atoms with Crippen LogP contribution in [0.15, 0.2) is 61.2 Å². The largest absolute Gasteiger partial charge is 1.00 e. The fourth-order valence-corrected chi connectivity index (χ4v) is 1.60. The minimum Gasteiger partial charge on any atom is -1.00 e. The van der Waals surface area contributed by atoms with Crippen molar-refractivity contribution in [3.05, 3.63) is 61.2 Å². The molecule has 0 radical (unpaired) electrons.